The molecule has 2 aliphatic rings. The number of nitrogens with two attached hydrogens (primary N) is 1. The van der Waals surface area contributed by atoms with Gasteiger partial charge in [0.25, 0.3) is 0 Å². The second kappa shape index (κ2) is 9.57. The minimum Gasteiger partial charge on any atom is -0.375 e. The minimum absolute atomic E-state index is 0.151. The number of aromatic nitrogens is 4. The Morgan fingerprint density at radius 3 is 2.89 bits per heavy atom. The van der Waals surface area contributed by atoms with Gasteiger partial charge in [0, 0.05) is 60.0 Å². The zero-order valence-electron chi connectivity index (χ0n) is 20.3. The van der Waals surface area contributed by atoms with Crippen LogP contribution in [0.4, 0.5) is 21.3 Å². The van der Waals surface area contributed by atoms with Gasteiger partial charge in [0.2, 0.25) is 5.95 Å². The number of hydrogen-bond acceptors (Lipinski definition) is 10. The van der Waals surface area contributed by atoms with Gasteiger partial charge in [0.15, 0.2) is 10.9 Å². The summed E-state index contributed by atoms with van der Waals surface area (Å²) in [7, 11) is 0. The number of nitrogens with one attached hydrogen (secondary N) is 2. The second-order valence-corrected chi connectivity index (χ2v) is 12.0. The molecule has 12 heteroatoms. The van der Waals surface area contributed by atoms with Crippen LogP contribution in [-0.2, 0) is 12.8 Å². The summed E-state index contributed by atoms with van der Waals surface area (Å²) in [6.07, 6.45) is 2.68. The number of hydrogen-bond donors (Lipinski definition) is 3. The van der Waals surface area contributed by atoms with Crippen molar-refractivity contribution in [3.8, 4) is 11.1 Å². The molecule has 38 heavy (non-hydrogen) atoms. The molecule has 0 bridgehead atoms. The third-order valence-corrected chi connectivity index (χ3v) is 9.25. The van der Waals surface area contributed by atoms with Gasteiger partial charge in [0.1, 0.15) is 11.3 Å². The van der Waals surface area contributed by atoms with Crippen molar-refractivity contribution in [3.63, 3.8) is 0 Å². The van der Waals surface area contributed by atoms with Gasteiger partial charge in [-0.3, -0.25) is 0 Å². The van der Waals surface area contributed by atoms with Crippen molar-refractivity contribution in [2.75, 3.05) is 42.1 Å². The Kier molecular flexibility index (Phi) is 6.03. The van der Waals surface area contributed by atoms with E-state index in [1.54, 1.807) is 17.4 Å². The molecule has 0 saturated carbocycles. The average molecular weight is 567 g/mol. The van der Waals surface area contributed by atoms with Crippen LogP contribution >= 0.6 is 34.3 Å². The Morgan fingerprint density at radius 1 is 1.16 bits per heavy atom. The first kappa shape index (κ1) is 24.0. The van der Waals surface area contributed by atoms with Gasteiger partial charge in [-0.2, -0.15) is 4.98 Å². The second-order valence-electron chi connectivity index (χ2n) is 9.56. The number of nitrogen functional groups attached to an aromatic ring is 1. The molecule has 1 fully saturated rings. The van der Waals surface area contributed by atoms with Crippen LogP contribution in [0.15, 0.2) is 29.8 Å². The molecule has 194 valence electrons. The molecule has 5 aromatic rings. The van der Waals surface area contributed by atoms with E-state index in [9.17, 15) is 0 Å². The highest BCUT2D eigenvalue weighted by Gasteiger charge is 2.26. The minimum atomic E-state index is -0.484. The average Bonchev–Trinajstić information content (AvgIpc) is 3.55. The number of fused-ring (bicyclic) bond motifs is 3. The number of para-hydroxylation sites is 1. The van der Waals surface area contributed by atoms with E-state index >= 15 is 4.39 Å². The Morgan fingerprint density at radius 2 is 2.03 bits per heavy atom. The van der Waals surface area contributed by atoms with Gasteiger partial charge in [-0.05, 0) is 25.0 Å². The first-order valence-electron chi connectivity index (χ1n) is 12.5. The van der Waals surface area contributed by atoms with Crippen molar-refractivity contribution in [1.82, 2.24) is 25.3 Å². The Bertz CT molecular complexity index is 1680. The fourth-order valence-electron chi connectivity index (χ4n) is 5.38. The SMILES string of the molecule is Nc1nc2c(-c3c(Cl)cc4c(N5CCNCC5)nc(N[C@H]5CCc6ncsc6C5)nc4c3F)cccc2s1. The maximum absolute atomic E-state index is 16.5. The molecule has 1 aliphatic carbocycles. The summed E-state index contributed by atoms with van der Waals surface area (Å²) in [6.45, 7) is 3.17. The molecule has 4 heterocycles. The summed E-state index contributed by atoms with van der Waals surface area (Å²) >= 11 is 9.83. The van der Waals surface area contributed by atoms with Crippen molar-refractivity contribution >= 4 is 72.3 Å². The molecule has 3 aromatic heterocycles. The zero-order valence-corrected chi connectivity index (χ0v) is 22.7. The molecule has 0 radical (unpaired) electrons. The van der Waals surface area contributed by atoms with E-state index in [4.69, 9.17) is 27.3 Å². The predicted octanol–water partition coefficient (Wildman–Crippen LogP) is 5.12. The summed E-state index contributed by atoms with van der Waals surface area (Å²) in [5.74, 6) is 0.630. The number of piperazine rings is 1. The number of rotatable bonds is 4. The standard InChI is InChI=1S/C26H24ClFN8S2/c27-16-11-15-23(21(28)20(16)14-2-1-3-18-22(14)33-25(29)38-18)34-26(35-24(15)36-8-6-30-7-9-36)32-13-4-5-17-19(10-13)37-12-31-17/h1-3,11-13,30H,4-10H2,(H2,29,33)(H,32,34,35)/t13-/m0/s1. The van der Waals surface area contributed by atoms with Gasteiger partial charge >= 0.3 is 0 Å². The lowest BCUT2D eigenvalue weighted by molar-refractivity contribution is 0.584. The van der Waals surface area contributed by atoms with E-state index in [0.717, 1.165) is 50.1 Å². The molecule has 4 N–H and O–H groups in total. The van der Waals surface area contributed by atoms with Crippen LogP contribution in [0.1, 0.15) is 17.0 Å². The van der Waals surface area contributed by atoms with E-state index in [0.29, 0.717) is 38.4 Å². The number of thiazole rings is 2. The Hall–Kier alpha value is -3.12. The number of aryl methyl sites for hydroxylation is 1. The van der Waals surface area contributed by atoms with Gasteiger partial charge in [0.05, 0.1) is 26.4 Å². The molecule has 2 aromatic carbocycles. The molecular formula is C26H24ClFN8S2. The maximum atomic E-state index is 16.5. The van der Waals surface area contributed by atoms with Crippen molar-refractivity contribution in [3.05, 3.63) is 51.2 Å². The molecular weight excluding hydrogens is 543 g/mol. The van der Waals surface area contributed by atoms with E-state index in [1.165, 1.54) is 21.9 Å². The molecule has 0 unspecified atom stereocenters. The number of anilines is 3. The normalized spacial score (nSPS) is 17.7. The topological polar surface area (TPSA) is 105 Å². The molecule has 7 rings (SSSR count). The summed E-state index contributed by atoms with van der Waals surface area (Å²) < 4.78 is 17.4. The van der Waals surface area contributed by atoms with Crippen LogP contribution in [-0.4, -0.2) is 52.2 Å². The quantitative estimate of drug-likeness (QED) is 0.275. The van der Waals surface area contributed by atoms with E-state index in [1.807, 2.05) is 23.7 Å². The highest BCUT2D eigenvalue weighted by molar-refractivity contribution is 7.22. The van der Waals surface area contributed by atoms with Crippen molar-refractivity contribution < 1.29 is 4.39 Å². The summed E-state index contributed by atoms with van der Waals surface area (Å²) in [5.41, 5.74) is 10.8. The van der Waals surface area contributed by atoms with E-state index in [-0.39, 0.29) is 17.1 Å². The van der Waals surface area contributed by atoms with E-state index < -0.39 is 5.82 Å². The molecule has 1 atom stereocenters. The van der Waals surface area contributed by atoms with Crippen LogP contribution in [0.3, 0.4) is 0 Å². The lowest BCUT2D eigenvalue weighted by Gasteiger charge is -2.30. The van der Waals surface area contributed by atoms with Gasteiger partial charge in [-0.1, -0.05) is 35.1 Å². The van der Waals surface area contributed by atoms with E-state index in [2.05, 4.69) is 25.5 Å². The zero-order chi connectivity index (χ0) is 25.8. The third kappa shape index (κ3) is 4.14. The molecule has 0 amide bonds. The third-order valence-electron chi connectivity index (χ3n) is 7.20. The number of nitrogens with zero attached hydrogens (tertiary/aromatic N) is 5. The summed E-state index contributed by atoms with van der Waals surface area (Å²) in [5, 5.41) is 8.19. The first-order chi connectivity index (χ1) is 18.5. The highest BCUT2D eigenvalue weighted by atomic mass is 35.5. The highest BCUT2D eigenvalue weighted by Crippen LogP contribution is 2.42. The lowest BCUT2D eigenvalue weighted by Crippen LogP contribution is -2.44. The molecule has 1 aliphatic heterocycles. The lowest BCUT2D eigenvalue weighted by atomic mass is 9.98. The van der Waals surface area contributed by atoms with Crippen LogP contribution < -0.4 is 21.3 Å². The molecule has 8 nitrogen and oxygen atoms in total. The smallest absolute Gasteiger partial charge is 0.225 e. The summed E-state index contributed by atoms with van der Waals surface area (Å²) in [4.78, 5) is 22.0. The van der Waals surface area contributed by atoms with Crippen LogP contribution in [0.5, 0.6) is 0 Å². The van der Waals surface area contributed by atoms with Gasteiger partial charge in [-0.25, -0.2) is 19.3 Å². The molecule has 1 saturated heterocycles. The molecule has 0 spiro atoms. The van der Waals surface area contributed by atoms with Crippen LogP contribution in [0, 0.1) is 5.82 Å². The largest absolute Gasteiger partial charge is 0.375 e. The van der Waals surface area contributed by atoms with Crippen LogP contribution in [0.25, 0.3) is 32.2 Å². The summed E-state index contributed by atoms with van der Waals surface area (Å²) in [6, 6.07) is 7.55. The number of benzene rings is 2. The monoisotopic (exact) mass is 566 g/mol. The number of halogens is 2. The van der Waals surface area contributed by atoms with Gasteiger partial charge < -0.3 is 21.3 Å². The fourth-order valence-corrected chi connectivity index (χ4v) is 7.33. The van der Waals surface area contributed by atoms with Crippen molar-refractivity contribution in [2.45, 2.75) is 25.3 Å². The van der Waals surface area contributed by atoms with Crippen LogP contribution in [0.2, 0.25) is 5.02 Å². The Balaban J connectivity index is 1.38. The maximum Gasteiger partial charge on any atom is 0.225 e. The predicted molar refractivity (Wildman–Crippen MR) is 154 cm³/mol. The first-order valence-corrected chi connectivity index (χ1v) is 14.6. The Labute approximate surface area is 231 Å². The van der Waals surface area contributed by atoms with Gasteiger partial charge in [-0.15, -0.1) is 11.3 Å². The van der Waals surface area contributed by atoms with Crippen molar-refractivity contribution in [1.29, 1.82) is 0 Å². The van der Waals surface area contributed by atoms with Crippen molar-refractivity contribution in [2.24, 2.45) is 0 Å². The fraction of sp³-hybridized carbons (Fsp3) is 0.308.